The van der Waals surface area contributed by atoms with Gasteiger partial charge in [-0.05, 0) is 43.4 Å². The normalized spacial score (nSPS) is 23.8. The maximum absolute atomic E-state index is 9.88. The van der Waals surface area contributed by atoms with E-state index >= 15 is 0 Å². The number of hydrogen-bond acceptors (Lipinski definition) is 3. The molecule has 1 fully saturated rings. The fourth-order valence-corrected chi connectivity index (χ4v) is 2.54. The monoisotopic (exact) mass is 260 g/mol. The van der Waals surface area contributed by atoms with Crippen LogP contribution in [0.4, 0.5) is 0 Å². The van der Waals surface area contributed by atoms with E-state index in [1.807, 2.05) is 6.07 Å². The number of benzene rings is 1. The predicted molar refractivity (Wildman–Crippen MR) is 74.8 cm³/mol. The van der Waals surface area contributed by atoms with E-state index in [2.05, 4.69) is 39.2 Å². The predicted octanol–water partition coefficient (Wildman–Crippen LogP) is 2.36. The van der Waals surface area contributed by atoms with E-state index < -0.39 is 6.10 Å². The quantitative estimate of drug-likeness (QED) is 0.501. The van der Waals surface area contributed by atoms with Crippen LogP contribution < -0.4 is 0 Å². The number of aliphatic hydroxyl groups excluding tert-OH is 1. The smallest absolute Gasteiger partial charge is 0.0752 e. The molecule has 1 aliphatic rings. The van der Waals surface area contributed by atoms with Crippen molar-refractivity contribution in [3.63, 3.8) is 0 Å². The molecule has 0 unspecified atom stereocenters. The molecule has 1 N–H and O–H groups in total. The van der Waals surface area contributed by atoms with Crippen molar-refractivity contribution in [3.05, 3.63) is 46.3 Å². The molecule has 0 aliphatic carbocycles. The Morgan fingerprint density at radius 3 is 2.84 bits per heavy atom. The van der Waals surface area contributed by atoms with Crippen LogP contribution in [0.3, 0.4) is 0 Å². The van der Waals surface area contributed by atoms with Crippen LogP contribution in [-0.4, -0.2) is 41.8 Å². The van der Waals surface area contributed by atoms with Crippen LogP contribution in [0.15, 0.2) is 35.4 Å². The average Bonchev–Trinajstić information content (AvgIpc) is 2.43. The Labute approximate surface area is 113 Å². The lowest BCUT2D eigenvalue weighted by molar-refractivity contribution is 0.0533. The third-order valence-electron chi connectivity index (χ3n) is 3.61. The molecule has 2 atom stereocenters. The van der Waals surface area contributed by atoms with E-state index in [1.54, 1.807) is 0 Å². The van der Waals surface area contributed by atoms with Gasteiger partial charge in [-0.1, -0.05) is 35.4 Å². The minimum Gasteiger partial charge on any atom is -0.391 e. The minimum absolute atomic E-state index is 0.254. The first-order valence-corrected chi connectivity index (χ1v) is 6.78. The molecule has 5 nitrogen and oxygen atoms in total. The van der Waals surface area contributed by atoms with Crippen molar-refractivity contribution in [1.29, 1.82) is 0 Å². The number of piperidine rings is 1. The topological polar surface area (TPSA) is 72.2 Å². The molecule has 0 spiro atoms. The summed E-state index contributed by atoms with van der Waals surface area (Å²) < 4.78 is 0. The zero-order valence-electron chi connectivity index (χ0n) is 11.0. The molecule has 0 radical (unpaired) electrons. The largest absolute Gasteiger partial charge is 0.391 e. The first kappa shape index (κ1) is 13.9. The molecule has 2 rings (SSSR count). The Morgan fingerprint density at radius 1 is 1.37 bits per heavy atom. The van der Waals surface area contributed by atoms with Crippen LogP contribution in [0.5, 0.6) is 0 Å². The van der Waals surface area contributed by atoms with Crippen molar-refractivity contribution in [2.24, 2.45) is 5.11 Å². The van der Waals surface area contributed by atoms with Gasteiger partial charge in [0.25, 0.3) is 0 Å². The minimum atomic E-state index is -0.527. The Balaban J connectivity index is 1.72. The summed E-state index contributed by atoms with van der Waals surface area (Å²) in [4.78, 5) is 5.03. The second-order valence-corrected chi connectivity index (χ2v) is 5.02. The molecule has 1 saturated heterocycles. The third kappa shape index (κ3) is 4.24. The second-order valence-electron chi connectivity index (χ2n) is 5.02. The number of likely N-dealkylation sites (tertiary alicyclic amines) is 1. The third-order valence-corrected chi connectivity index (χ3v) is 3.61. The molecule has 0 amide bonds. The molecular weight excluding hydrogens is 240 g/mol. The second kappa shape index (κ2) is 7.14. The summed E-state index contributed by atoms with van der Waals surface area (Å²) in [6, 6.07) is 10.2. The number of hydrogen-bond donors (Lipinski definition) is 1. The molecule has 5 heteroatoms. The highest BCUT2D eigenvalue weighted by atomic mass is 16.3. The number of rotatable bonds is 5. The van der Waals surface area contributed by atoms with Gasteiger partial charge in [-0.2, -0.15) is 0 Å². The first-order valence-electron chi connectivity index (χ1n) is 6.78. The lowest BCUT2D eigenvalue weighted by atomic mass is 10.0. The highest BCUT2D eigenvalue weighted by Crippen LogP contribution is 2.15. The molecular formula is C14H20N4O. The van der Waals surface area contributed by atoms with Crippen molar-refractivity contribution in [2.45, 2.75) is 31.4 Å². The van der Waals surface area contributed by atoms with Crippen LogP contribution >= 0.6 is 0 Å². The zero-order chi connectivity index (χ0) is 13.5. The van der Waals surface area contributed by atoms with Crippen molar-refractivity contribution >= 4 is 0 Å². The molecule has 1 aliphatic heterocycles. The van der Waals surface area contributed by atoms with Crippen LogP contribution in [-0.2, 0) is 6.42 Å². The summed E-state index contributed by atoms with van der Waals surface area (Å²) in [6.07, 6.45) is 2.37. The number of nitrogens with zero attached hydrogens (tertiary/aromatic N) is 4. The standard InChI is InChI=1S/C14H20N4O/c15-17-16-13-8-10-18(11-14(13)19)9-4-7-12-5-2-1-3-6-12/h1-3,5-6,13-14,19H,4,7-11H2/t13-,14-/m1/s1. The van der Waals surface area contributed by atoms with E-state index in [1.165, 1.54) is 5.56 Å². The van der Waals surface area contributed by atoms with Crippen molar-refractivity contribution in [1.82, 2.24) is 4.90 Å². The number of aryl methyl sites for hydroxylation is 1. The van der Waals surface area contributed by atoms with E-state index in [-0.39, 0.29) is 6.04 Å². The van der Waals surface area contributed by atoms with E-state index in [0.717, 1.165) is 32.4 Å². The Morgan fingerprint density at radius 2 is 2.16 bits per heavy atom. The zero-order valence-corrected chi connectivity index (χ0v) is 11.0. The fraction of sp³-hybridized carbons (Fsp3) is 0.571. The summed E-state index contributed by atoms with van der Waals surface area (Å²) in [5, 5.41) is 13.5. The lowest BCUT2D eigenvalue weighted by Crippen LogP contribution is -2.46. The molecule has 0 aromatic heterocycles. The maximum Gasteiger partial charge on any atom is 0.0752 e. The van der Waals surface area contributed by atoms with Gasteiger partial charge in [0.1, 0.15) is 0 Å². The summed E-state index contributed by atoms with van der Waals surface area (Å²) >= 11 is 0. The molecule has 1 heterocycles. The Kier molecular flexibility index (Phi) is 5.21. The van der Waals surface area contributed by atoms with Gasteiger partial charge in [-0.25, -0.2) is 0 Å². The maximum atomic E-state index is 9.88. The highest BCUT2D eigenvalue weighted by molar-refractivity contribution is 5.14. The van der Waals surface area contributed by atoms with Crippen molar-refractivity contribution in [2.75, 3.05) is 19.6 Å². The number of aliphatic hydroxyl groups is 1. The van der Waals surface area contributed by atoms with Crippen LogP contribution in [0, 0.1) is 0 Å². The lowest BCUT2D eigenvalue weighted by Gasteiger charge is -2.33. The molecule has 1 aromatic rings. The summed E-state index contributed by atoms with van der Waals surface area (Å²) in [7, 11) is 0. The first-order chi connectivity index (χ1) is 9.29. The molecule has 0 bridgehead atoms. The molecule has 0 saturated carbocycles. The van der Waals surface area contributed by atoms with Crippen molar-refractivity contribution in [3.8, 4) is 0 Å². The highest BCUT2D eigenvalue weighted by Gasteiger charge is 2.26. The molecule has 19 heavy (non-hydrogen) atoms. The summed E-state index contributed by atoms with van der Waals surface area (Å²) in [5.41, 5.74) is 9.76. The van der Waals surface area contributed by atoms with Gasteiger partial charge < -0.3 is 10.0 Å². The van der Waals surface area contributed by atoms with Gasteiger partial charge in [-0.15, -0.1) is 0 Å². The van der Waals surface area contributed by atoms with E-state index in [4.69, 9.17) is 5.53 Å². The number of β-amino-alcohol motifs (C(OH)–C–C–N with tert-alkyl or cyclic N) is 1. The SMILES string of the molecule is [N-]=[N+]=N[C@@H]1CCN(CCCc2ccccc2)C[C@H]1O. The van der Waals surface area contributed by atoms with Gasteiger partial charge in [0, 0.05) is 11.5 Å². The van der Waals surface area contributed by atoms with Crippen LogP contribution in [0.2, 0.25) is 0 Å². The fourth-order valence-electron chi connectivity index (χ4n) is 2.54. The van der Waals surface area contributed by atoms with Gasteiger partial charge in [0.15, 0.2) is 0 Å². The molecule has 102 valence electrons. The summed E-state index contributed by atoms with van der Waals surface area (Å²) in [6.45, 7) is 2.49. The van der Waals surface area contributed by atoms with Gasteiger partial charge >= 0.3 is 0 Å². The number of azide groups is 1. The van der Waals surface area contributed by atoms with Gasteiger partial charge in [-0.3, -0.25) is 0 Å². The Hall–Kier alpha value is -1.55. The van der Waals surface area contributed by atoms with E-state index in [9.17, 15) is 5.11 Å². The average molecular weight is 260 g/mol. The van der Waals surface area contributed by atoms with E-state index in [0.29, 0.717) is 6.54 Å². The van der Waals surface area contributed by atoms with Crippen molar-refractivity contribution < 1.29 is 5.11 Å². The van der Waals surface area contributed by atoms with Gasteiger partial charge in [0.05, 0.1) is 12.1 Å². The Bertz CT molecular complexity index is 430. The summed E-state index contributed by atoms with van der Waals surface area (Å²) in [5.74, 6) is 0. The van der Waals surface area contributed by atoms with Crippen LogP contribution in [0.25, 0.3) is 10.4 Å². The van der Waals surface area contributed by atoms with Crippen LogP contribution in [0.1, 0.15) is 18.4 Å². The molecule has 1 aromatic carbocycles. The van der Waals surface area contributed by atoms with Gasteiger partial charge in [0.2, 0.25) is 0 Å².